The van der Waals surface area contributed by atoms with Gasteiger partial charge in [-0.15, -0.1) is 0 Å². The molecule has 1 atom stereocenters. The molecule has 2 aromatic heterocycles. The molecule has 0 N–H and O–H groups in total. The highest BCUT2D eigenvalue weighted by molar-refractivity contribution is 6.10. The third-order valence-corrected chi connectivity index (χ3v) is 5.54. The normalized spacial score (nSPS) is 15.9. The summed E-state index contributed by atoms with van der Waals surface area (Å²) in [5, 5.41) is 4.39. The first-order valence-corrected chi connectivity index (χ1v) is 10.5. The van der Waals surface area contributed by atoms with E-state index in [4.69, 9.17) is 4.74 Å². The second kappa shape index (κ2) is 8.96. The van der Waals surface area contributed by atoms with Crippen molar-refractivity contribution in [2.75, 3.05) is 43.7 Å². The average Bonchev–Trinajstić information content (AvgIpc) is 3.25. The quantitative estimate of drug-likeness (QED) is 0.486. The van der Waals surface area contributed by atoms with Crippen LogP contribution in [0.15, 0.2) is 42.7 Å². The minimum atomic E-state index is -4.68. The molecule has 7 nitrogen and oxygen atoms in total. The lowest BCUT2D eigenvalue weighted by Gasteiger charge is -2.33. The molecule has 1 aromatic carbocycles. The van der Waals surface area contributed by atoms with Crippen LogP contribution in [0.3, 0.4) is 0 Å². The average molecular weight is 477 g/mol. The first kappa shape index (κ1) is 23.5. The number of hydrogen-bond donors (Lipinski definition) is 0. The summed E-state index contributed by atoms with van der Waals surface area (Å²) in [6.07, 6.45) is -1.45. The SMILES string of the molecule is C[C@H]1CN(c2ccc(C(F)(F)F)c(OCCF)c2)C(=O)c2c(-c3ccnc(N(C)C)c3)cnn21. The number of ether oxygens (including phenoxy) is 1. The number of carbonyl (C=O) groups excluding carboxylic acids is 1. The zero-order valence-electron chi connectivity index (χ0n) is 18.8. The minimum Gasteiger partial charge on any atom is -0.490 e. The number of carbonyl (C=O) groups is 1. The van der Waals surface area contributed by atoms with Gasteiger partial charge in [-0.05, 0) is 36.8 Å². The molecule has 0 saturated heterocycles. The number of pyridine rings is 1. The van der Waals surface area contributed by atoms with Gasteiger partial charge in [0.1, 0.15) is 30.5 Å². The van der Waals surface area contributed by atoms with Crippen molar-refractivity contribution in [2.45, 2.75) is 19.1 Å². The predicted molar refractivity (Wildman–Crippen MR) is 119 cm³/mol. The molecule has 0 spiro atoms. The van der Waals surface area contributed by atoms with Crippen molar-refractivity contribution in [3.8, 4) is 16.9 Å². The number of halogens is 4. The van der Waals surface area contributed by atoms with E-state index in [1.807, 2.05) is 32.0 Å². The fraction of sp³-hybridized carbons (Fsp3) is 0.348. The summed E-state index contributed by atoms with van der Waals surface area (Å²) in [7, 11) is 3.70. The van der Waals surface area contributed by atoms with E-state index in [9.17, 15) is 22.4 Å². The lowest BCUT2D eigenvalue weighted by atomic mass is 10.0. The largest absolute Gasteiger partial charge is 0.490 e. The highest BCUT2D eigenvalue weighted by atomic mass is 19.4. The summed E-state index contributed by atoms with van der Waals surface area (Å²) in [4.78, 5) is 21.1. The van der Waals surface area contributed by atoms with Crippen LogP contribution in [0.25, 0.3) is 11.1 Å². The molecule has 3 heterocycles. The summed E-state index contributed by atoms with van der Waals surface area (Å²) in [5.41, 5.74) is 0.845. The summed E-state index contributed by atoms with van der Waals surface area (Å²) in [5.74, 6) is -0.236. The molecule has 3 aromatic rings. The maximum Gasteiger partial charge on any atom is 0.419 e. The number of aromatic nitrogens is 3. The molecular formula is C23H23F4N5O2. The van der Waals surface area contributed by atoms with Crippen LogP contribution in [-0.2, 0) is 6.18 Å². The number of hydrogen-bond acceptors (Lipinski definition) is 5. The van der Waals surface area contributed by atoms with Crippen LogP contribution < -0.4 is 14.5 Å². The highest BCUT2D eigenvalue weighted by Crippen LogP contribution is 2.40. The molecule has 0 saturated carbocycles. The Bertz CT molecular complexity index is 1210. The number of nitrogens with zero attached hydrogens (tertiary/aromatic N) is 5. The van der Waals surface area contributed by atoms with Crippen LogP contribution in [0, 0.1) is 0 Å². The maximum absolute atomic E-state index is 13.6. The van der Waals surface area contributed by atoms with E-state index in [0.717, 1.165) is 17.7 Å². The molecule has 180 valence electrons. The van der Waals surface area contributed by atoms with Crippen molar-refractivity contribution in [3.63, 3.8) is 0 Å². The molecule has 0 unspecified atom stereocenters. The maximum atomic E-state index is 13.6. The monoisotopic (exact) mass is 477 g/mol. The number of fused-ring (bicyclic) bond motifs is 1. The first-order valence-electron chi connectivity index (χ1n) is 10.5. The van der Waals surface area contributed by atoms with E-state index in [2.05, 4.69) is 10.1 Å². The molecule has 34 heavy (non-hydrogen) atoms. The van der Waals surface area contributed by atoms with Crippen molar-refractivity contribution in [3.05, 3.63) is 54.0 Å². The van der Waals surface area contributed by atoms with Gasteiger partial charge in [0.15, 0.2) is 0 Å². The Morgan fingerprint density at radius 3 is 2.65 bits per heavy atom. The van der Waals surface area contributed by atoms with Crippen molar-refractivity contribution in [2.24, 2.45) is 0 Å². The van der Waals surface area contributed by atoms with E-state index >= 15 is 0 Å². The van der Waals surface area contributed by atoms with Gasteiger partial charge in [0.05, 0.1) is 17.8 Å². The number of anilines is 2. The summed E-state index contributed by atoms with van der Waals surface area (Å²) in [6.45, 7) is 0.594. The molecule has 1 aliphatic heterocycles. The molecule has 0 bridgehead atoms. The standard InChI is InChI=1S/C23H23F4N5O2/c1-14-13-31(16-4-5-18(23(25,26)27)19(11-16)34-9-7-24)22(33)21-17(12-29-32(14)21)15-6-8-28-20(10-15)30(2)3/h4-6,8,10-12,14H,7,9,13H2,1-3H3/t14-/m0/s1. The van der Waals surface area contributed by atoms with E-state index in [1.165, 1.54) is 11.0 Å². The van der Waals surface area contributed by atoms with Gasteiger partial charge in [0.2, 0.25) is 0 Å². The summed E-state index contributed by atoms with van der Waals surface area (Å²) < 4.78 is 59.4. The fourth-order valence-electron chi connectivity index (χ4n) is 3.91. The van der Waals surface area contributed by atoms with Crippen molar-refractivity contribution in [1.82, 2.24) is 14.8 Å². The topological polar surface area (TPSA) is 63.5 Å². The van der Waals surface area contributed by atoms with Gasteiger partial charge in [-0.3, -0.25) is 9.48 Å². The van der Waals surface area contributed by atoms with Crippen LogP contribution in [0.2, 0.25) is 0 Å². The Kier molecular flexibility index (Phi) is 6.20. The Hall–Kier alpha value is -3.63. The second-order valence-electron chi connectivity index (χ2n) is 8.13. The van der Waals surface area contributed by atoms with Crippen molar-refractivity contribution < 1.29 is 27.1 Å². The molecule has 1 amide bonds. The van der Waals surface area contributed by atoms with Crippen molar-refractivity contribution >= 4 is 17.4 Å². The Balaban J connectivity index is 1.76. The number of alkyl halides is 4. The molecule has 0 fully saturated rings. The smallest absolute Gasteiger partial charge is 0.419 e. The minimum absolute atomic E-state index is 0.195. The lowest BCUT2D eigenvalue weighted by molar-refractivity contribution is -0.139. The van der Waals surface area contributed by atoms with Gasteiger partial charge in [0, 0.05) is 44.2 Å². The molecule has 0 radical (unpaired) electrons. The van der Waals surface area contributed by atoms with E-state index in [1.54, 1.807) is 23.1 Å². The van der Waals surface area contributed by atoms with E-state index in [-0.39, 0.29) is 18.3 Å². The van der Waals surface area contributed by atoms with Crippen LogP contribution in [0.4, 0.5) is 29.1 Å². The summed E-state index contributed by atoms with van der Waals surface area (Å²) >= 11 is 0. The Labute approximate surface area is 193 Å². The zero-order chi connectivity index (χ0) is 24.6. The lowest BCUT2D eigenvalue weighted by Crippen LogP contribution is -2.42. The van der Waals surface area contributed by atoms with Crippen LogP contribution >= 0.6 is 0 Å². The number of benzene rings is 1. The van der Waals surface area contributed by atoms with Gasteiger partial charge in [0.25, 0.3) is 5.91 Å². The Morgan fingerprint density at radius 1 is 1.21 bits per heavy atom. The van der Waals surface area contributed by atoms with Crippen LogP contribution in [-0.4, -0.2) is 54.6 Å². The third kappa shape index (κ3) is 4.29. The van der Waals surface area contributed by atoms with E-state index < -0.39 is 36.7 Å². The first-order chi connectivity index (χ1) is 16.1. The predicted octanol–water partition coefficient (Wildman–Crippen LogP) is 4.60. The Morgan fingerprint density at radius 2 is 1.97 bits per heavy atom. The zero-order valence-corrected chi connectivity index (χ0v) is 18.8. The summed E-state index contributed by atoms with van der Waals surface area (Å²) in [6, 6.07) is 6.55. The van der Waals surface area contributed by atoms with Crippen LogP contribution in [0.1, 0.15) is 29.0 Å². The van der Waals surface area contributed by atoms with Crippen molar-refractivity contribution in [1.29, 1.82) is 0 Å². The van der Waals surface area contributed by atoms with Gasteiger partial charge in [-0.2, -0.15) is 18.3 Å². The molecule has 11 heteroatoms. The van der Waals surface area contributed by atoms with Gasteiger partial charge >= 0.3 is 6.18 Å². The molecule has 1 aliphatic rings. The number of amides is 1. The van der Waals surface area contributed by atoms with Gasteiger partial charge in [-0.25, -0.2) is 9.37 Å². The van der Waals surface area contributed by atoms with Gasteiger partial charge in [-0.1, -0.05) is 0 Å². The molecule has 4 rings (SSSR count). The highest BCUT2D eigenvalue weighted by Gasteiger charge is 2.37. The molecule has 0 aliphatic carbocycles. The third-order valence-electron chi connectivity index (χ3n) is 5.54. The van der Waals surface area contributed by atoms with Crippen LogP contribution in [0.5, 0.6) is 5.75 Å². The second-order valence-corrected chi connectivity index (χ2v) is 8.13. The molecular weight excluding hydrogens is 454 g/mol. The number of rotatable bonds is 6. The van der Waals surface area contributed by atoms with Gasteiger partial charge < -0.3 is 14.5 Å². The fourth-order valence-corrected chi connectivity index (χ4v) is 3.91. The van der Waals surface area contributed by atoms with E-state index in [0.29, 0.717) is 17.1 Å².